The average Bonchev–Trinajstić information content (AvgIpc) is 3.06. The number of likely N-dealkylation sites (tertiary alicyclic amines) is 1. The Morgan fingerprint density at radius 2 is 2.00 bits per heavy atom. The SMILES string of the molecule is Cc1ccc(C)c(CC(=O)N2CCC(Oc3nc4ccc(F)cc4s3)CC2)c1. The molecule has 0 atom stereocenters. The molecule has 4 rings (SSSR count). The first kappa shape index (κ1) is 18.9. The van der Waals surface area contributed by atoms with Gasteiger partial charge in [-0.25, -0.2) is 9.37 Å². The fourth-order valence-electron chi connectivity index (χ4n) is 3.56. The highest BCUT2D eigenvalue weighted by atomic mass is 32.1. The molecule has 28 heavy (non-hydrogen) atoms. The van der Waals surface area contributed by atoms with E-state index in [1.165, 1.54) is 29.0 Å². The standard InChI is InChI=1S/C22H23FN2O2S/c1-14-3-4-15(2)16(11-14)12-21(26)25-9-7-18(8-10-25)27-22-24-19-6-5-17(23)13-20(19)28-22/h3-6,11,13,18H,7-10,12H2,1-2H3. The summed E-state index contributed by atoms with van der Waals surface area (Å²) >= 11 is 1.36. The minimum absolute atomic E-state index is 0.0372. The van der Waals surface area contributed by atoms with E-state index in [9.17, 15) is 9.18 Å². The van der Waals surface area contributed by atoms with Crippen LogP contribution >= 0.6 is 11.3 Å². The Bertz CT molecular complexity index is 1010. The van der Waals surface area contributed by atoms with Crippen molar-refractivity contribution in [3.05, 3.63) is 58.9 Å². The highest BCUT2D eigenvalue weighted by Gasteiger charge is 2.25. The number of hydrogen-bond donors (Lipinski definition) is 0. The summed E-state index contributed by atoms with van der Waals surface area (Å²) in [5.41, 5.74) is 4.19. The molecule has 1 fully saturated rings. The molecule has 0 saturated carbocycles. The number of carbonyl (C=O) groups is 1. The minimum atomic E-state index is -0.265. The molecular formula is C22H23FN2O2S. The Kier molecular flexibility index (Phi) is 5.31. The van der Waals surface area contributed by atoms with Crippen LogP contribution in [0.2, 0.25) is 0 Å². The van der Waals surface area contributed by atoms with Gasteiger partial charge in [0, 0.05) is 25.9 Å². The van der Waals surface area contributed by atoms with Crippen LogP contribution in [0.4, 0.5) is 4.39 Å². The molecule has 0 bridgehead atoms. The molecule has 0 aliphatic carbocycles. The molecule has 0 N–H and O–H groups in total. The Morgan fingerprint density at radius 3 is 2.79 bits per heavy atom. The summed E-state index contributed by atoms with van der Waals surface area (Å²) in [4.78, 5) is 19.0. The number of fused-ring (bicyclic) bond motifs is 1. The molecule has 146 valence electrons. The van der Waals surface area contributed by atoms with Gasteiger partial charge in [-0.15, -0.1) is 0 Å². The summed E-state index contributed by atoms with van der Waals surface area (Å²) < 4.78 is 20.1. The van der Waals surface area contributed by atoms with E-state index in [0.29, 0.717) is 24.7 Å². The van der Waals surface area contributed by atoms with Crippen LogP contribution in [0.5, 0.6) is 5.19 Å². The molecule has 0 radical (unpaired) electrons. The van der Waals surface area contributed by atoms with Crippen molar-refractivity contribution in [1.82, 2.24) is 9.88 Å². The van der Waals surface area contributed by atoms with Gasteiger partial charge in [-0.1, -0.05) is 35.1 Å². The van der Waals surface area contributed by atoms with Crippen molar-refractivity contribution in [3.8, 4) is 5.19 Å². The van der Waals surface area contributed by atoms with Crippen LogP contribution in [0.25, 0.3) is 10.2 Å². The molecule has 1 aliphatic heterocycles. The quantitative estimate of drug-likeness (QED) is 0.642. The van der Waals surface area contributed by atoms with Crippen molar-refractivity contribution in [1.29, 1.82) is 0 Å². The number of rotatable bonds is 4. The molecule has 0 unspecified atom stereocenters. The van der Waals surface area contributed by atoms with Gasteiger partial charge in [-0.3, -0.25) is 4.79 Å². The Labute approximate surface area is 168 Å². The number of nitrogens with zero attached hydrogens (tertiary/aromatic N) is 2. The summed E-state index contributed by atoms with van der Waals surface area (Å²) in [6, 6.07) is 10.8. The maximum absolute atomic E-state index is 13.3. The van der Waals surface area contributed by atoms with Crippen LogP contribution in [0.15, 0.2) is 36.4 Å². The monoisotopic (exact) mass is 398 g/mol. The third-order valence-corrected chi connectivity index (χ3v) is 6.15. The summed E-state index contributed by atoms with van der Waals surface area (Å²) in [6.45, 7) is 5.47. The van der Waals surface area contributed by atoms with Gasteiger partial charge in [0.2, 0.25) is 5.91 Å². The molecule has 1 aliphatic rings. The van der Waals surface area contributed by atoms with Crippen molar-refractivity contribution in [3.63, 3.8) is 0 Å². The lowest BCUT2D eigenvalue weighted by Crippen LogP contribution is -2.42. The van der Waals surface area contributed by atoms with Crippen LogP contribution in [0.1, 0.15) is 29.5 Å². The topological polar surface area (TPSA) is 42.4 Å². The number of piperidine rings is 1. The maximum Gasteiger partial charge on any atom is 0.274 e. The van der Waals surface area contributed by atoms with Crippen LogP contribution in [0, 0.1) is 19.7 Å². The third kappa shape index (κ3) is 4.17. The molecule has 4 nitrogen and oxygen atoms in total. The lowest BCUT2D eigenvalue weighted by Gasteiger charge is -2.31. The van der Waals surface area contributed by atoms with Gasteiger partial charge in [-0.05, 0) is 43.2 Å². The molecule has 0 spiro atoms. The molecule has 1 amide bonds. The molecular weight excluding hydrogens is 375 g/mol. The van der Waals surface area contributed by atoms with E-state index < -0.39 is 0 Å². The molecule has 1 saturated heterocycles. The zero-order valence-corrected chi connectivity index (χ0v) is 16.9. The molecule has 1 aromatic heterocycles. The number of carbonyl (C=O) groups excluding carboxylic acids is 1. The second-order valence-corrected chi connectivity index (χ2v) is 8.39. The predicted molar refractivity (Wildman–Crippen MR) is 109 cm³/mol. The summed E-state index contributed by atoms with van der Waals surface area (Å²) in [6.07, 6.45) is 2.05. The number of hydrogen-bond acceptors (Lipinski definition) is 4. The van der Waals surface area contributed by atoms with E-state index >= 15 is 0 Å². The van der Waals surface area contributed by atoms with Crippen LogP contribution in [0.3, 0.4) is 0 Å². The summed E-state index contributed by atoms with van der Waals surface area (Å²) in [5.74, 6) is -0.0963. The number of benzene rings is 2. The first-order chi connectivity index (χ1) is 13.5. The fraction of sp³-hybridized carbons (Fsp3) is 0.364. The van der Waals surface area contributed by atoms with Crippen molar-refractivity contribution in [2.75, 3.05) is 13.1 Å². The molecule has 6 heteroatoms. The fourth-order valence-corrected chi connectivity index (χ4v) is 4.46. The van der Waals surface area contributed by atoms with E-state index in [1.807, 2.05) is 18.7 Å². The van der Waals surface area contributed by atoms with Gasteiger partial charge in [0.05, 0.1) is 16.6 Å². The van der Waals surface area contributed by atoms with Crippen LogP contribution in [-0.2, 0) is 11.2 Å². The van der Waals surface area contributed by atoms with Crippen molar-refractivity contribution in [2.24, 2.45) is 0 Å². The van der Waals surface area contributed by atoms with Gasteiger partial charge in [0.25, 0.3) is 5.19 Å². The molecule has 2 aromatic carbocycles. The van der Waals surface area contributed by atoms with Crippen LogP contribution < -0.4 is 4.74 Å². The van der Waals surface area contributed by atoms with Gasteiger partial charge in [-0.2, -0.15) is 0 Å². The van der Waals surface area contributed by atoms with E-state index in [0.717, 1.165) is 34.2 Å². The number of aryl methyl sites for hydroxylation is 2. The van der Waals surface area contributed by atoms with Gasteiger partial charge >= 0.3 is 0 Å². The predicted octanol–water partition coefficient (Wildman–Crippen LogP) is 4.66. The highest BCUT2D eigenvalue weighted by molar-refractivity contribution is 7.20. The Balaban J connectivity index is 1.33. The number of thiazole rings is 1. The second-order valence-electron chi connectivity index (χ2n) is 7.40. The second kappa shape index (κ2) is 7.87. The Hall–Kier alpha value is -2.47. The minimum Gasteiger partial charge on any atom is -0.467 e. The van der Waals surface area contributed by atoms with Crippen molar-refractivity contribution < 1.29 is 13.9 Å². The number of ether oxygens (including phenoxy) is 1. The molecule has 3 aromatic rings. The summed E-state index contributed by atoms with van der Waals surface area (Å²) in [5, 5.41) is 0.570. The largest absolute Gasteiger partial charge is 0.467 e. The van der Waals surface area contributed by atoms with E-state index in [4.69, 9.17) is 4.74 Å². The third-order valence-electron chi connectivity index (χ3n) is 5.24. The summed E-state index contributed by atoms with van der Waals surface area (Å²) in [7, 11) is 0. The lowest BCUT2D eigenvalue weighted by molar-refractivity contribution is -0.132. The van der Waals surface area contributed by atoms with E-state index in [1.54, 1.807) is 6.07 Å². The zero-order valence-electron chi connectivity index (χ0n) is 16.1. The maximum atomic E-state index is 13.3. The highest BCUT2D eigenvalue weighted by Crippen LogP contribution is 2.30. The van der Waals surface area contributed by atoms with E-state index in [2.05, 4.69) is 23.2 Å². The first-order valence-corrected chi connectivity index (χ1v) is 10.4. The number of halogens is 1. The lowest BCUT2D eigenvalue weighted by atomic mass is 10.0. The smallest absolute Gasteiger partial charge is 0.274 e. The van der Waals surface area contributed by atoms with Gasteiger partial charge in [0.15, 0.2) is 0 Å². The average molecular weight is 399 g/mol. The van der Waals surface area contributed by atoms with Crippen LogP contribution in [-0.4, -0.2) is 35.0 Å². The number of aromatic nitrogens is 1. The number of amides is 1. The normalized spacial score (nSPS) is 15.2. The van der Waals surface area contributed by atoms with Gasteiger partial charge in [0.1, 0.15) is 11.9 Å². The Morgan fingerprint density at radius 1 is 1.21 bits per heavy atom. The molecule has 2 heterocycles. The first-order valence-electron chi connectivity index (χ1n) is 9.54. The van der Waals surface area contributed by atoms with Crippen molar-refractivity contribution >= 4 is 27.5 Å². The van der Waals surface area contributed by atoms with Gasteiger partial charge < -0.3 is 9.64 Å². The zero-order chi connectivity index (χ0) is 19.7. The van der Waals surface area contributed by atoms with E-state index in [-0.39, 0.29) is 17.8 Å². The van der Waals surface area contributed by atoms with Crippen molar-refractivity contribution in [2.45, 2.75) is 39.2 Å².